The Labute approximate surface area is 103 Å². The van der Waals surface area contributed by atoms with E-state index < -0.39 is 0 Å². The Morgan fingerprint density at radius 2 is 2.12 bits per heavy atom. The second-order valence-corrected chi connectivity index (χ2v) is 3.89. The van der Waals surface area contributed by atoms with E-state index in [4.69, 9.17) is 16.0 Å². The van der Waals surface area contributed by atoms with Crippen LogP contribution in [0.2, 0.25) is 5.15 Å². The molecule has 17 heavy (non-hydrogen) atoms. The van der Waals surface area contributed by atoms with E-state index in [1.54, 1.807) is 19.9 Å². The van der Waals surface area contributed by atoms with Crippen LogP contribution in [-0.2, 0) is 0 Å². The summed E-state index contributed by atoms with van der Waals surface area (Å²) in [6.07, 6.45) is 2.76. The molecule has 6 heteroatoms. The average molecular weight is 252 g/mol. The predicted octanol–water partition coefficient (Wildman–Crippen LogP) is 2.59. The van der Waals surface area contributed by atoms with Crippen molar-refractivity contribution in [3.05, 3.63) is 40.7 Å². The lowest BCUT2D eigenvalue weighted by atomic mass is 10.2. The monoisotopic (exact) mass is 251 g/mol. The normalized spacial score (nSPS) is 10.3. The molecule has 0 unspecified atom stereocenters. The van der Waals surface area contributed by atoms with Crippen molar-refractivity contribution >= 4 is 23.3 Å². The number of hydrogen-bond acceptors (Lipinski definition) is 4. The van der Waals surface area contributed by atoms with Crippen LogP contribution in [0.4, 0.5) is 5.82 Å². The Morgan fingerprint density at radius 1 is 1.35 bits per heavy atom. The molecule has 1 N–H and O–H groups in total. The summed E-state index contributed by atoms with van der Waals surface area (Å²) in [6, 6.07) is 1.67. The van der Waals surface area contributed by atoms with Gasteiger partial charge >= 0.3 is 0 Å². The van der Waals surface area contributed by atoms with Crippen LogP contribution in [0.25, 0.3) is 0 Å². The van der Waals surface area contributed by atoms with Crippen LogP contribution in [0.5, 0.6) is 0 Å². The molecule has 2 aromatic heterocycles. The Balaban J connectivity index is 2.17. The summed E-state index contributed by atoms with van der Waals surface area (Å²) in [4.78, 5) is 19.6. The van der Waals surface area contributed by atoms with Gasteiger partial charge < -0.3 is 9.73 Å². The maximum Gasteiger partial charge on any atom is 0.260 e. The molecular weight excluding hydrogens is 242 g/mol. The van der Waals surface area contributed by atoms with Crippen molar-refractivity contribution in [3.8, 4) is 0 Å². The molecule has 0 atom stereocenters. The number of furan rings is 1. The molecule has 0 radical (unpaired) electrons. The van der Waals surface area contributed by atoms with E-state index in [-0.39, 0.29) is 11.1 Å². The Hall–Kier alpha value is -1.88. The maximum atomic E-state index is 11.9. The van der Waals surface area contributed by atoms with Crippen LogP contribution in [0.1, 0.15) is 21.9 Å². The fourth-order valence-corrected chi connectivity index (χ4v) is 1.51. The number of carbonyl (C=O) groups excluding carboxylic acids is 1. The molecule has 0 fully saturated rings. The SMILES string of the molecule is Cc1cc(C(=O)Nc2cnc(Cl)cn2)c(C)o1. The minimum absolute atomic E-state index is 0.276. The first-order valence-corrected chi connectivity index (χ1v) is 5.30. The molecule has 5 nitrogen and oxygen atoms in total. The standard InChI is InChI=1S/C11H10ClN3O2/c1-6-3-8(7(2)17-6)11(16)15-10-5-13-9(12)4-14-10/h3-5H,1-2H3,(H,14,15,16). The van der Waals surface area contributed by atoms with Gasteiger partial charge in [0, 0.05) is 0 Å². The number of rotatable bonds is 2. The van der Waals surface area contributed by atoms with E-state index in [9.17, 15) is 4.79 Å². The molecule has 2 rings (SSSR count). The van der Waals surface area contributed by atoms with Crippen LogP contribution < -0.4 is 5.32 Å². The van der Waals surface area contributed by atoms with Gasteiger partial charge in [0.1, 0.15) is 16.7 Å². The van der Waals surface area contributed by atoms with E-state index in [0.29, 0.717) is 22.9 Å². The molecule has 0 aliphatic rings. The molecule has 2 aromatic rings. The minimum Gasteiger partial charge on any atom is -0.466 e. The Morgan fingerprint density at radius 3 is 2.65 bits per heavy atom. The first-order chi connectivity index (χ1) is 8.06. The molecule has 88 valence electrons. The topological polar surface area (TPSA) is 68.0 Å². The molecule has 0 aromatic carbocycles. The maximum absolute atomic E-state index is 11.9. The van der Waals surface area contributed by atoms with Gasteiger partial charge in [-0.3, -0.25) is 4.79 Å². The fourth-order valence-electron chi connectivity index (χ4n) is 1.42. The number of nitrogens with one attached hydrogen (secondary N) is 1. The highest BCUT2D eigenvalue weighted by atomic mass is 35.5. The van der Waals surface area contributed by atoms with E-state index in [1.165, 1.54) is 12.4 Å². The van der Waals surface area contributed by atoms with E-state index in [2.05, 4.69) is 15.3 Å². The van der Waals surface area contributed by atoms with Gasteiger partial charge in [0.2, 0.25) is 0 Å². The van der Waals surface area contributed by atoms with E-state index in [0.717, 1.165) is 0 Å². The molecule has 0 spiro atoms. The van der Waals surface area contributed by atoms with Gasteiger partial charge in [0.25, 0.3) is 5.91 Å². The summed E-state index contributed by atoms with van der Waals surface area (Å²) < 4.78 is 5.27. The lowest BCUT2D eigenvalue weighted by Crippen LogP contribution is -2.13. The first-order valence-electron chi connectivity index (χ1n) is 4.92. The number of hydrogen-bond donors (Lipinski definition) is 1. The molecule has 0 saturated heterocycles. The van der Waals surface area contributed by atoms with Crippen LogP contribution in [0, 0.1) is 13.8 Å². The van der Waals surface area contributed by atoms with Crippen LogP contribution >= 0.6 is 11.6 Å². The largest absolute Gasteiger partial charge is 0.466 e. The van der Waals surface area contributed by atoms with Gasteiger partial charge in [-0.1, -0.05) is 11.6 Å². The number of anilines is 1. The van der Waals surface area contributed by atoms with Crippen LogP contribution in [-0.4, -0.2) is 15.9 Å². The van der Waals surface area contributed by atoms with Crippen molar-refractivity contribution in [3.63, 3.8) is 0 Å². The summed E-state index contributed by atoms with van der Waals surface area (Å²) in [6.45, 7) is 3.52. The first kappa shape index (κ1) is 11.6. The Bertz CT molecular complexity index is 548. The molecule has 1 amide bonds. The zero-order chi connectivity index (χ0) is 12.4. The number of amides is 1. The van der Waals surface area contributed by atoms with Gasteiger partial charge in [0.15, 0.2) is 5.82 Å². The molecule has 0 bridgehead atoms. The number of nitrogens with zero attached hydrogens (tertiary/aromatic N) is 2. The highest BCUT2D eigenvalue weighted by Crippen LogP contribution is 2.15. The van der Waals surface area contributed by atoms with E-state index >= 15 is 0 Å². The summed E-state index contributed by atoms with van der Waals surface area (Å²) in [5, 5.41) is 2.88. The second kappa shape index (κ2) is 4.55. The van der Waals surface area contributed by atoms with Crippen molar-refractivity contribution < 1.29 is 9.21 Å². The van der Waals surface area contributed by atoms with Crippen LogP contribution in [0.3, 0.4) is 0 Å². The minimum atomic E-state index is -0.282. The molecule has 0 aliphatic heterocycles. The number of aryl methyl sites for hydroxylation is 2. The zero-order valence-electron chi connectivity index (χ0n) is 9.32. The average Bonchev–Trinajstić information content (AvgIpc) is 2.61. The third-order valence-corrected chi connectivity index (χ3v) is 2.34. The lowest BCUT2D eigenvalue weighted by molar-refractivity contribution is 0.102. The van der Waals surface area contributed by atoms with Crippen LogP contribution in [0.15, 0.2) is 22.9 Å². The van der Waals surface area contributed by atoms with Crippen molar-refractivity contribution in [1.82, 2.24) is 9.97 Å². The summed E-state index contributed by atoms with van der Waals surface area (Å²) in [5.41, 5.74) is 0.485. The van der Waals surface area contributed by atoms with Gasteiger partial charge in [-0.25, -0.2) is 9.97 Å². The van der Waals surface area contributed by atoms with Gasteiger partial charge in [-0.05, 0) is 19.9 Å². The van der Waals surface area contributed by atoms with Gasteiger partial charge in [-0.2, -0.15) is 0 Å². The second-order valence-electron chi connectivity index (χ2n) is 3.51. The highest BCUT2D eigenvalue weighted by molar-refractivity contribution is 6.29. The molecular formula is C11H10ClN3O2. The highest BCUT2D eigenvalue weighted by Gasteiger charge is 2.13. The lowest BCUT2D eigenvalue weighted by Gasteiger charge is -2.02. The molecule has 0 saturated carbocycles. The zero-order valence-corrected chi connectivity index (χ0v) is 10.1. The van der Waals surface area contributed by atoms with Gasteiger partial charge in [0.05, 0.1) is 18.0 Å². The fraction of sp³-hybridized carbons (Fsp3) is 0.182. The van der Waals surface area contributed by atoms with Crippen molar-refractivity contribution in [2.45, 2.75) is 13.8 Å². The number of carbonyl (C=O) groups is 1. The third kappa shape index (κ3) is 2.62. The number of halogens is 1. The van der Waals surface area contributed by atoms with Gasteiger partial charge in [-0.15, -0.1) is 0 Å². The van der Waals surface area contributed by atoms with Crippen molar-refractivity contribution in [2.75, 3.05) is 5.32 Å². The Kier molecular flexibility index (Phi) is 3.10. The summed E-state index contributed by atoms with van der Waals surface area (Å²) in [7, 11) is 0. The number of aromatic nitrogens is 2. The van der Waals surface area contributed by atoms with E-state index in [1.807, 2.05) is 0 Å². The van der Waals surface area contributed by atoms with Crippen molar-refractivity contribution in [1.29, 1.82) is 0 Å². The summed E-state index contributed by atoms with van der Waals surface area (Å²) in [5.74, 6) is 1.32. The predicted molar refractivity (Wildman–Crippen MR) is 63.2 cm³/mol. The quantitative estimate of drug-likeness (QED) is 0.891. The van der Waals surface area contributed by atoms with Crippen molar-refractivity contribution in [2.24, 2.45) is 0 Å². The molecule has 2 heterocycles. The molecule has 0 aliphatic carbocycles. The summed E-state index contributed by atoms with van der Waals surface area (Å²) >= 11 is 5.59. The third-order valence-electron chi connectivity index (χ3n) is 2.15. The smallest absolute Gasteiger partial charge is 0.260 e.